The SMILES string of the molecule is OCCc1noc(-c2cncc(O)c2)n1. The van der Waals surface area contributed by atoms with E-state index in [1.165, 1.54) is 18.5 Å². The summed E-state index contributed by atoms with van der Waals surface area (Å²) in [5.74, 6) is 0.743. The molecule has 2 aromatic rings. The predicted molar refractivity (Wildman–Crippen MR) is 50.0 cm³/mol. The molecule has 0 saturated carbocycles. The van der Waals surface area contributed by atoms with Crippen molar-refractivity contribution in [3.05, 3.63) is 24.3 Å². The Morgan fingerprint density at radius 3 is 2.93 bits per heavy atom. The Morgan fingerprint density at radius 1 is 1.33 bits per heavy atom. The van der Waals surface area contributed by atoms with E-state index in [0.29, 0.717) is 17.8 Å². The van der Waals surface area contributed by atoms with Crippen molar-refractivity contribution >= 4 is 0 Å². The largest absolute Gasteiger partial charge is 0.506 e. The highest BCUT2D eigenvalue weighted by molar-refractivity contribution is 5.53. The first kappa shape index (κ1) is 9.60. The zero-order valence-corrected chi connectivity index (χ0v) is 7.79. The van der Waals surface area contributed by atoms with Crippen LogP contribution in [0.4, 0.5) is 0 Å². The van der Waals surface area contributed by atoms with Gasteiger partial charge in [0.05, 0.1) is 18.4 Å². The van der Waals surface area contributed by atoms with Crippen LogP contribution in [0, 0.1) is 0 Å². The molecule has 0 aliphatic heterocycles. The summed E-state index contributed by atoms with van der Waals surface area (Å²) in [6.45, 7) is -0.0305. The molecule has 0 unspecified atom stereocenters. The number of pyridine rings is 1. The monoisotopic (exact) mass is 207 g/mol. The van der Waals surface area contributed by atoms with Gasteiger partial charge < -0.3 is 14.7 Å². The van der Waals surface area contributed by atoms with Crippen LogP contribution in [-0.2, 0) is 6.42 Å². The van der Waals surface area contributed by atoms with Crippen molar-refractivity contribution in [2.75, 3.05) is 6.61 Å². The molecule has 0 aliphatic carbocycles. The van der Waals surface area contributed by atoms with Gasteiger partial charge in [0, 0.05) is 12.6 Å². The molecule has 0 saturated heterocycles. The Kier molecular flexibility index (Phi) is 2.59. The van der Waals surface area contributed by atoms with Gasteiger partial charge in [-0.05, 0) is 6.07 Å². The van der Waals surface area contributed by atoms with Gasteiger partial charge in [-0.15, -0.1) is 0 Å². The van der Waals surface area contributed by atoms with Gasteiger partial charge in [0.1, 0.15) is 5.75 Å². The third-order valence-electron chi connectivity index (χ3n) is 1.77. The highest BCUT2D eigenvalue weighted by Crippen LogP contribution is 2.19. The second-order valence-electron chi connectivity index (χ2n) is 2.92. The number of nitrogens with zero attached hydrogens (tertiary/aromatic N) is 3. The Balaban J connectivity index is 2.29. The number of aromatic nitrogens is 3. The number of hydrogen-bond donors (Lipinski definition) is 2. The van der Waals surface area contributed by atoms with Crippen LogP contribution in [-0.4, -0.2) is 31.9 Å². The summed E-state index contributed by atoms with van der Waals surface area (Å²) >= 11 is 0. The molecule has 0 amide bonds. The lowest BCUT2D eigenvalue weighted by Crippen LogP contribution is -1.92. The summed E-state index contributed by atoms with van der Waals surface area (Å²) in [5.41, 5.74) is 0.548. The first-order valence-electron chi connectivity index (χ1n) is 4.37. The number of hydrogen-bond acceptors (Lipinski definition) is 6. The Morgan fingerprint density at radius 2 is 2.20 bits per heavy atom. The van der Waals surface area contributed by atoms with E-state index in [-0.39, 0.29) is 18.2 Å². The molecule has 0 aliphatic rings. The predicted octanol–water partition coefficient (Wildman–Crippen LogP) is 0.372. The molecule has 0 radical (unpaired) electrons. The molecular weight excluding hydrogens is 198 g/mol. The number of aliphatic hydroxyl groups is 1. The second-order valence-corrected chi connectivity index (χ2v) is 2.92. The summed E-state index contributed by atoms with van der Waals surface area (Å²) in [5, 5.41) is 21.5. The highest BCUT2D eigenvalue weighted by atomic mass is 16.5. The van der Waals surface area contributed by atoms with Gasteiger partial charge >= 0.3 is 0 Å². The molecule has 6 heteroatoms. The van der Waals surface area contributed by atoms with Crippen molar-refractivity contribution in [2.45, 2.75) is 6.42 Å². The van der Waals surface area contributed by atoms with Crippen LogP contribution < -0.4 is 0 Å². The molecule has 2 heterocycles. The lowest BCUT2D eigenvalue weighted by atomic mass is 10.3. The molecular formula is C9H9N3O3. The minimum absolute atomic E-state index is 0.0305. The van der Waals surface area contributed by atoms with Crippen molar-refractivity contribution in [2.24, 2.45) is 0 Å². The van der Waals surface area contributed by atoms with E-state index in [4.69, 9.17) is 9.63 Å². The summed E-state index contributed by atoms with van der Waals surface area (Å²) < 4.78 is 4.93. The van der Waals surface area contributed by atoms with E-state index in [9.17, 15) is 5.11 Å². The quantitative estimate of drug-likeness (QED) is 0.755. The van der Waals surface area contributed by atoms with Crippen molar-refractivity contribution in [1.82, 2.24) is 15.1 Å². The molecule has 2 N–H and O–H groups in total. The van der Waals surface area contributed by atoms with E-state index in [1.807, 2.05) is 0 Å². The van der Waals surface area contributed by atoms with Gasteiger partial charge in [-0.2, -0.15) is 4.98 Å². The van der Waals surface area contributed by atoms with E-state index in [0.717, 1.165) is 0 Å². The highest BCUT2D eigenvalue weighted by Gasteiger charge is 2.08. The molecule has 6 nitrogen and oxygen atoms in total. The summed E-state index contributed by atoms with van der Waals surface area (Å²) in [7, 11) is 0. The van der Waals surface area contributed by atoms with E-state index >= 15 is 0 Å². The van der Waals surface area contributed by atoms with Crippen LogP contribution in [0.15, 0.2) is 23.0 Å². The van der Waals surface area contributed by atoms with Crippen molar-refractivity contribution in [3.63, 3.8) is 0 Å². The zero-order chi connectivity index (χ0) is 10.7. The molecule has 15 heavy (non-hydrogen) atoms. The van der Waals surface area contributed by atoms with E-state index in [1.54, 1.807) is 0 Å². The van der Waals surface area contributed by atoms with Gasteiger partial charge in [0.25, 0.3) is 5.89 Å². The maximum absolute atomic E-state index is 9.19. The average molecular weight is 207 g/mol. The third kappa shape index (κ3) is 2.10. The Hall–Kier alpha value is -1.95. The smallest absolute Gasteiger partial charge is 0.259 e. The fraction of sp³-hybridized carbons (Fsp3) is 0.222. The van der Waals surface area contributed by atoms with Crippen molar-refractivity contribution < 1.29 is 14.7 Å². The van der Waals surface area contributed by atoms with Crippen molar-refractivity contribution in [1.29, 1.82) is 0 Å². The molecule has 0 bridgehead atoms. The fourth-order valence-electron chi connectivity index (χ4n) is 1.12. The van der Waals surface area contributed by atoms with Gasteiger partial charge in [0.2, 0.25) is 0 Å². The van der Waals surface area contributed by atoms with Crippen LogP contribution in [0.3, 0.4) is 0 Å². The van der Waals surface area contributed by atoms with E-state index < -0.39 is 0 Å². The fourth-order valence-corrected chi connectivity index (χ4v) is 1.12. The minimum atomic E-state index is -0.0305. The number of aromatic hydroxyl groups is 1. The first-order chi connectivity index (χ1) is 7.29. The lowest BCUT2D eigenvalue weighted by Gasteiger charge is -1.93. The number of aliphatic hydroxyl groups excluding tert-OH is 1. The molecule has 78 valence electrons. The maximum atomic E-state index is 9.19. The third-order valence-corrected chi connectivity index (χ3v) is 1.77. The second kappa shape index (κ2) is 4.05. The zero-order valence-electron chi connectivity index (χ0n) is 7.79. The molecule has 0 atom stereocenters. The van der Waals surface area contributed by atoms with Crippen LogP contribution in [0.25, 0.3) is 11.5 Å². The topological polar surface area (TPSA) is 92.3 Å². The van der Waals surface area contributed by atoms with E-state index in [2.05, 4.69) is 15.1 Å². The summed E-state index contributed by atoms with van der Waals surface area (Å²) in [6.07, 6.45) is 3.17. The van der Waals surface area contributed by atoms with Crippen LogP contribution in [0.2, 0.25) is 0 Å². The van der Waals surface area contributed by atoms with Gasteiger partial charge in [-0.3, -0.25) is 4.98 Å². The van der Waals surface area contributed by atoms with Gasteiger partial charge in [0.15, 0.2) is 5.82 Å². The molecule has 0 aromatic carbocycles. The Bertz CT molecular complexity index is 455. The molecule has 2 rings (SSSR count). The van der Waals surface area contributed by atoms with Gasteiger partial charge in [-0.1, -0.05) is 5.16 Å². The van der Waals surface area contributed by atoms with Gasteiger partial charge in [-0.25, -0.2) is 0 Å². The molecule has 2 aromatic heterocycles. The standard InChI is InChI=1S/C9H9N3O3/c13-2-1-8-11-9(15-12-8)6-3-7(14)5-10-4-6/h3-5,13-14H,1-2H2. The molecule has 0 fully saturated rings. The number of rotatable bonds is 3. The maximum Gasteiger partial charge on any atom is 0.259 e. The summed E-state index contributed by atoms with van der Waals surface area (Å²) in [6, 6.07) is 1.48. The van der Waals surface area contributed by atoms with Crippen LogP contribution in [0.5, 0.6) is 5.75 Å². The van der Waals surface area contributed by atoms with Crippen molar-refractivity contribution in [3.8, 4) is 17.2 Å². The summed E-state index contributed by atoms with van der Waals surface area (Å²) in [4.78, 5) is 7.81. The Labute approximate surface area is 85.2 Å². The molecule has 0 spiro atoms. The normalized spacial score (nSPS) is 10.5. The lowest BCUT2D eigenvalue weighted by molar-refractivity contribution is 0.293. The minimum Gasteiger partial charge on any atom is -0.506 e. The van der Waals surface area contributed by atoms with Crippen LogP contribution >= 0.6 is 0 Å². The first-order valence-corrected chi connectivity index (χ1v) is 4.37. The average Bonchev–Trinajstić information content (AvgIpc) is 2.67. The van der Waals surface area contributed by atoms with Crippen LogP contribution in [0.1, 0.15) is 5.82 Å².